The first-order valence-corrected chi connectivity index (χ1v) is 9.44. The number of carbonyl (C=O) groups is 1. The average Bonchev–Trinajstić information content (AvgIpc) is 3.01. The molecule has 0 spiro atoms. The van der Waals surface area contributed by atoms with Gasteiger partial charge in [0.15, 0.2) is 0 Å². The topological polar surface area (TPSA) is 41.6 Å². The third-order valence-corrected chi connectivity index (χ3v) is 6.92. The van der Waals surface area contributed by atoms with E-state index >= 15 is 0 Å². The van der Waals surface area contributed by atoms with Gasteiger partial charge in [0.2, 0.25) is 0 Å². The van der Waals surface area contributed by atoms with Gasteiger partial charge in [-0.1, -0.05) is 0 Å². The van der Waals surface area contributed by atoms with Gasteiger partial charge in [-0.3, -0.25) is 9.69 Å². The summed E-state index contributed by atoms with van der Waals surface area (Å²) >= 11 is 1.54. The number of amides is 1. The third-order valence-electron chi connectivity index (χ3n) is 5.82. The molecule has 0 unspecified atom stereocenters. The van der Waals surface area contributed by atoms with Crippen LogP contribution < -0.4 is 10.1 Å². The molecule has 128 valence electrons. The zero-order valence-electron chi connectivity index (χ0n) is 14.5. The van der Waals surface area contributed by atoms with E-state index in [9.17, 15) is 4.79 Å². The molecule has 1 aromatic carbocycles. The predicted octanol–water partition coefficient (Wildman–Crippen LogP) is 3.51. The number of thiophene rings is 1. The fourth-order valence-electron chi connectivity index (χ4n) is 4.34. The zero-order chi connectivity index (χ0) is 16.9. The summed E-state index contributed by atoms with van der Waals surface area (Å²) < 4.78 is 6.37. The Morgan fingerprint density at radius 2 is 2.04 bits per heavy atom. The van der Waals surface area contributed by atoms with Crippen molar-refractivity contribution in [2.24, 2.45) is 5.92 Å². The van der Waals surface area contributed by atoms with Crippen molar-refractivity contribution in [2.75, 3.05) is 20.2 Å². The van der Waals surface area contributed by atoms with E-state index in [0.717, 1.165) is 33.8 Å². The van der Waals surface area contributed by atoms with Crippen LogP contribution in [0.2, 0.25) is 0 Å². The van der Waals surface area contributed by atoms with Crippen LogP contribution in [0.4, 0.5) is 0 Å². The lowest BCUT2D eigenvalue weighted by molar-refractivity contribution is -0.0377. The second-order valence-corrected chi connectivity index (χ2v) is 8.53. The monoisotopic (exact) mass is 344 g/mol. The van der Waals surface area contributed by atoms with Crippen LogP contribution in [0, 0.1) is 5.92 Å². The third kappa shape index (κ3) is 2.50. The molecule has 0 aliphatic carbocycles. The zero-order valence-corrected chi connectivity index (χ0v) is 15.3. The van der Waals surface area contributed by atoms with Crippen molar-refractivity contribution >= 4 is 27.3 Å². The lowest BCUT2D eigenvalue weighted by atomic mass is 9.72. The van der Waals surface area contributed by atoms with Gasteiger partial charge in [0.05, 0.1) is 12.0 Å². The highest BCUT2D eigenvalue weighted by atomic mass is 32.1. The van der Waals surface area contributed by atoms with Crippen LogP contribution in [0.3, 0.4) is 0 Å². The van der Waals surface area contributed by atoms with E-state index in [1.54, 1.807) is 7.11 Å². The molecule has 24 heavy (non-hydrogen) atoms. The minimum atomic E-state index is 0.0384. The SMILES string of the molecule is COc1ccc2cc(C(=O)N[C@@H]3C4CCN(CC4)C3(C)C)sc2c1. The number of hydrogen-bond donors (Lipinski definition) is 1. The number of rotatable bonds is 3. The number of nitrogens with one attached hydrogen (secondary N) is 1. The van der Waals surface area contributed by atoms with Gasteiger partial charge in [-0.2, -0.15) is 0 Å². The lowest BCUT2D eigenvalue weighted by Gasteiger charge is -2.56. The van der Waals surface area contributed by atoms with Crippen LogP contribution >= 0.6 is 11.3 Å². The van der Waals surface area contributed by atoms with Crippen molar-refractivity contribution in [3.63, 3.8) is 0 Å². The minimum absolute atomic E-state index is 0.0384. The second kappa shape index (κ2) is 5.74. The molecule has 3 aliphatic rings. The Bertz CT molecular complexity index is 775. The summed E-state index contributed by atoms with van der Waals surface area (Å²) in [5.41, 5.74) is 0.0384. The normalized spacial score (nSPS) is 28.0. The molecule has 1 N–H and O–H groups in total. The molecule has 1 amide bonds. The van der Waals surface area contributed by atoms with E-state index in [1.807, 2.05) is 24.3 Å². The summed E-state index contributed by atoms with van der Waals surface area (Å²) in [6, 6.07) is 8.16. The quantitative estimate of drug-likeness (QED) is 0.926. The summed E-state index contributed by atoms with van der Waals surface area (Å²) in [4.78, 5) is 16.2. The molecule has 1 aromatic heterocycles. The van der Waals surface area contributed by atoms with Crippen molar-refractivity contribution in [1.29, 1.82) is 0 Å². The lowest BCUT2D eigenvalue weighted by Crippen LogP contribution is -2.69. The van der Waals surface area contributed by atoms with E-state index in [2.05, 4.69) is 24.1 Å². The van der Waals surface area contributed by atoms with Crippen molar-refractivity contribution < 1.29 is 9.53 Å². The number of ether oxygens (including phenoxy) is 1. The fourth-order valence-corrected chi connectivity index (χ4v) is 5.33. The van der Waals surface area contributed by atoms with Crippen LogP contribution in [0.1, 0.15) is 36.4 Å². The van der Waals surface area contributed by atoms with E-state index in [4.69, 9.17) is 4.74 Å². The van der Waals surface area contributed by atoms with Crippen molar-refractivity contribution in [3.05, 3.63) is 29.1 Å². The fraction of sp³-hybridized carbons (Fsp3) is 0.526. The Balaban J connectivity index is 1.58. The standard InChI is InChI=1S/C19H24N2O2S/c1-19(2)17(12-6-8-21(19)9-7-12)20-18(22)16-10-13-4-5-14(23-3)11-15(13)24-16/h4-5,10-12,17H,6-9H2,1-3H3,(H,20,22)/t17-/m1/s1. The van der Waals surface area contributed by atoms with Crippen LogP contribution in [-0.4, -0.2) is 42.6 Å². The maximum absolute atomic E-state index is 12.9. The maximum atomic E-state index is 12.9. The Morgan fingerprint density at radius 1 is 1.29 bits per heavy atom. The molecule has 2 bridgehead atoms. The Morgan fingerprint density at radius 3 is 2.71 bits per heavy atom. The van der Waals surface area contributed by atoms with E-state index in [-0.39, 0.29) is 17.5 Å². The van der Waals surface area contributed by atoms with Gasteiger partial charge < -0.3 is 10.1 Å². The maximum Gasteiger partial charge on any atom is 0.261 e. The molecule has 2 aromatic rings. The molecule has 3 saturated heterocycles. The van der Waals surface area contributed by atoms with Crippen molar-refractivity contribution in [3.8, 4) is 5.75 Å². The highest BCUT2D eigenvalue weighted by molar-refractivity contribution is 7.20. The van der Waals surface area contributed by atoms with E-state index < -0.39 is 0 Å². The Hall–Kier alpha value is -1.59. The Labute approximate surface area is 146 Å². The van der Waals surface area contributed by atoms with Crippen LogP contribution in [-0.2, 0) is 0 Å². The first-order valence-electron chi connectivity index (χ1n) is 8.62. The first kappa shape index (κ1) is 15.9. The minimum Gasteiger partial charge on any atom is -0.497 e. The number of benzene rings is 1. The average molecular weight is 344 g/mol. The summed E-state index contributed by atoms with van der Waals surface area (Å²) in [6.07, 6.45) is 2.38. The number of hydrogen-bond acceptors (Lipinski definition) is 4. The smallest absolute Gasteiger partial charge is 0.261 e. The molecular formula is C19H24N2O2S. The molecule has 1 atom stereocenters. The van der Waals surface area contributed by atoms with Gasteiger partial charge in [0, 0.05) is 16.3 Å². The number of methoxy groups -OCH3 is 1. The summed E-state index contributed by atoms with van der Waals surface area (Å²) in [7, 11) is 1.66. The highest BCUT2D eigenvalue weighted by Crippen LogP contribution is 2.39. The number of carbonyl (C=O) groups excluding carboxylic acids is 1. The van der Waals surface area contributed by atoms with Gasteiger partial charge >= 0.3 is 0 Å². The van der Waals surface area contributed by atoms with Gasteiger partial charge in [-0.15, -0.1) is 11.3 Å². The number of fused-ring (bicyclic) bond motifs is 4. The first-order chi connectivity index (χ1) is 11.5. The van der Waals surface area contributed by atoms with Crippen LogP contribution in [0.25, 0.3) is 10.1 Å². The van der Waals surface area contributed by atoms with E-state index in [1.165, 1.54) is 24.2 Å². The molecular weight excluding hydrogens is 320 g/mol. The van der Waals surface area contributed by atoms with Crippen LogP contribution in [0.15, 0.2) is 24.3 Å². The Kier molecular flexibility index (Phi) is 3.81. The molecule has 4 heterocycles. The summed E-state index contributed by atoms with van der Waals surface area (Å²) in [6.45, 7) is 6.84. The van der Waals surface area contributed by atoms with E-state index in [0.29, 0.717) is 5.92 Å². The summed E-state index contributed by atoms with van der Waals surface area (Å²) in [5.74, 6) is 1.49. The molecule has 4 nitrogen and oxygen atoms in total. The molecule has 0 saturated carbocycles. The number of nitrogens with zero attached hydrogens (tertiary/aromatic N) is 1. The molecule has 5 heteroatoms. The predicted molar refractivity (Wildman–Crippen MR) is 98.0 cm³/mol. The van der Waals surface area contributed by atoms with Crippen molar-refractivity contribution in [1.82, 2.24) is 10.2 Å². The highest BCUT2D eigenvalue weighted by Gasteiger charge is 2.48. The number of piperidine rings is 3. The van der Waals surface area contributed by atoms with Gasteiger partial charge in [0.1, 0.15) is 5.75 Å². The molecule has 3 aliphatic heterocycles. The molecule has 0 radical (unpaired) electrons. The van der Waals surface area contributed by atoms with Crippen molar-refractivity contribution in [2.45, 2.75) is 38.3 Å². The molecule has 3 fully saturated rings. The molecule has 5 rings (SSSR count). The summed E-state index contributed by atoms with van der Waals surface area (Å²) in [5, 5.41) is 4.44. The second-order valence-electron chi connectivity index (χ2n) is 7.44. The van der Waals surface area contributed by atoms with Crippen LogP contribution in [0.5, 0.6) is 5.75 Å². The van der Waals surface area contributed by atoms with Gasteiger partial charge in [-0.25, -0.2) is 0 Å². The van der Waals surface area contributed by atoms with Gasteiger partial charge in [-0.05, 0) is 75.3 Å². The van der Waals surface area contributed by atoms with Gasteiger partial charge in [0.25, 0.3) is 5.91 Å². The largest absolute Gasteiger partial charge is 0.497 e.